The molecule has 6 aliphatic rings. The number of carbonyl (C=O) groups excluding carboxylic acids is 1. The molecule has 2 aliphatic heterocycles. The van der Waals surface area contributed by atoms with Gasteiger partial charge in [-0.2, -0.15) is 0 Å². The molecule has 0 radical (unpaired) electrons. The molecule has 5 fully saturated rings. The average Bonchev–Trinajstić information content (AvgIpc) is 3.21. The van der Waals surface area contributed by atoms with Crippen molar-refractivity contribution in [2.75, 3.05) is 6.54 Å². The Kier molecular flexibility index (Phi) is 5.18. The van der Waals surface area contributed by atoms with Crippen LogP contribution in [0.15, 0.2) is 11.6 Å². The number of hydrogen-bond donors (Lipinski definition) is 1. The van der Waals surface area contributed by atoms with E-state index in [1.165, 1.54) is 44.9 Å². The zero-order valence-electron chi connectivity index (χ0n) is 21.5. The maximum absolute atomic E-state index is 11.5. The highest BCUT2D eigenvalue weighted by Crippen LogP contribution is 2.70. The number of allylic oxidation sites excluding steroid dienone is 1. The van der Waals surface area contributed by atoms with Crippen molar-refractivity contribution in [3.8, 4) is 0 Å². The van der Waals surface area contributed by atoms with Crippen LogP contribution in [-0.2, 0) is 14.3 Å². The van der Waals surface area contributed by atoms with Gasteiger partial charge >= 0.3 is 5.97 Å². The van der Waals surface area contributed by atoms with Gasteiger partial charge in [0.15, 0.2) is 0 Å². The molecule has 1 unspecified atom stereocenters. The third-order valence-corrected chi connectivity index (χ3v) is 11.9. The molecule has 4 heteroatoms. The van der Waals surface area contributed by atoms with Gasteiger partial charge in [0.1, 0.15) is 11.8 Å². The third-order valence-electron chi connectivity index (χ3n) is 11.9. The molecular weight excluding hydrogens is 410 g/mol. The lowest BCUT2D eigenvalue weighted by molar-refractivity contribution is -0.148. The lowest BCUT2D eigenvalue weighted by Gasteiger charge is -2.58. The maximum Gasteiger partial charge on any atom is 0.302 e. The first-order valence-electron chi connectivity index (χ1n) is 14.0. The zero-order valence-corrected chi connectivity index (χ0v) is 21.5. The first kappa shape index (κ1) is 22.6. The summed E-state index contributed by atoms with van der Waals surface area (Å²) in [6, 6.07) is 0. The largest absolute Gasteiger partial charge is 0.462 e. The summed E-state index contributed by atoms with van der Waals surface area (Å²) in [5.74, 6) is 4.30. The SMILES string of the molecule is CC(=O)O[C@@H]1CC[C@]2(C)C(=CC[C@@H]3[C@H]4C[C@H]5OC6(CC[C@H](C)CN6)[C@H](C)[C@H]5[C@]4(C)CC[C@H]32)C1. The fourth-order valence-corrected chi connectivity index (χ4v) is 10.2. The lowest BCUT2D eigenvalue weighted by Crippen LogP contribution is -2.57. The Balaban J connectivity index is 1.24. The Bertz CT molecular complexity index is 844. The number of esters is 1. The molecule has 0 aromatic carbocycles. The Morgan fingerprint density at radius 2 is 1.94 bits per heavy atom. The van der Waals surface area contributed by atoms with Crippen molar-refractivity contribution in [3.63, 3.8) is 0 Å². The number of ether oxygens (including phenoxy) is 2. The minimum Gasteiger partial charge on any atom is -0.462 e. The molecule has 4 aliphatic carbocycles. The number of rotatable bonds is 1. The highest BCUT2D eigenvalue weighted by Gasteiger charge is 2.68. The van der Waals surface area contributed by atoms with E-state index in [9.17, 15) is 4.79 Å². The molecule has 2 heterocycles. The van der Waals surface area contributed by atoms with Gasteiger partial charge in [0, 0.05) is 25.8 Å². The third kappa shape index (κ3) is 3.18. The van der Waals surface area contributed by atoms with E-state index in [4.69, 9.17) is 9.47 Å². The predicted molar refractivity (Wildman–Crippen MR) is 129 cm³/mol. The van der Waals surface area contributed by atoms with Crippen LogP contribution < -0.4 is 5.32 Å². The molecule has 0 amide bonds. The van der Waals surface area contributed by atoms with E-state index < -0.39 is 0 Å². The van der Waals surface area contributed by atoms with Gasteiger partial charge in [-0.15, -0.1) is 0 Å². The highest BCUT2D eigenvalue weighted by molar-refractivity contribution is 5.66. The summed E-state index contributed by atoms with van der Waals surface area (Å²) in [6.45, 7) is 12.7. The van der Waals surface area contributed by atoms with E-state index >= 15 is 0 Å². The molecular formula is C29H45NO3. The molecule has 1 N–H and O–H groups in total. The van der Waals surface area contributed by atoms with Crippen LogP contribution in [0.3, 0.4) is 0 Å². The van der Waals surface area contributed by atoms with Crippen LogP contribution in [-0.4, -0.2) is 30.4 Å². The van der Waals surface area contributed by atoms with Crippen molar-refractivity contribution in [2.45, 2.75) is 110 Å². The standard InChI is InChI=1S/C29H45NO3/c1-17-8-13-29(30-16-17)18(2)26-25(33-29)15-24-22-7-6-20-14-21(32-19(3)31)9-11-27(20,4)23(22)10-12-28(24,26)5/h6,17-18,21-26,30H,7-16H2,1-5H3/t17-,18+,21+,22-,23+,24+,25+,26+,27+,28+,29?/m0/s1. The summed E-state index contributed by atoms with van der Waals surface area (Å²) >= 11 is 0. The topological polar surface area (TPSA) is 47.6 Å². The van der Waals surface area contributed by atoms with E-state index in [1.807, 2.05) is 0 Å². The summed E-state index contributed by atoms with van der Waals surface area (Å²) in [4.78, 5) is 11.5. The van der Waals surface area contributed by atoms with E-state index in [-0.39, 0.29) is 17.8 Å². The van der Waals surface area contributed by atoms with Gasteiger partial charge in [0.25, 0.3) is 0 Å². The van der Waals surface area contributed by atoms with Gasteiger partial charge in [-0.25, -0.2) is 0 Å². The first-order chi connectivity index (χ1) is 15.7. The number of hydrogen-bond acceptors (Lipinski definition) is 4. The molecule has 11 atom stereocenters. The monoisotopic (exact) mass is 455 g/mol. The lowest BCUT2D eigenvalue weighted by atomic mass is 9.47. The van der Waals surface area contributed by atoms with Crippen molar-refractivity contribution in [1.82, 2.24) is 5.32 Å². The second-order valence-corrected chi connectivity index (χ2v) is 13.4. The van der Waals surface area contributed by atoms with Crippen LogP contribution in [0.1, 0.15) is 92.4 Å². The van der Waals surface area contributed by atoms with E-state index in [2.05, 4.69) is 39.1 Å². The van der Waals surface area contributed by atoms with Gasteiger partial charge < -0.3 is 9.47 Å². The molecule has 0 aromatic heterocycles. The number of nitrogens with one attached hydrogen (secondary N) is 1. The van der Waals surface area contributed by atoms with Crippen LogP contribution >= 0.6 is 0 Å². The average molecular weight is 456 g/mol. The van der Waals surface area contributed by atoms with Crippen molar-refractivity contribution in [1.29, 1.82) is 0 Å². The van der Waals surface area contributed by atoms with E-state index in [0.29, 0.717) is 28.8 Å². The second-order valence-electron chi connectivity index (χ2n) is 13.4. The van der Waals surface area contributed by atoms with Crippen LogP contribution in [0, 0.1) is 46.3 Å². The Labute approximate surface area is 200 Å². The van der Waals surface area contributed by atoms with E-state index in [1.54, 1.807) is 12.5 Å². The van der Waals surface area contributed by atoms with Crippen molar-refractivity contribution >= 4 is 5.97 Å². The van der Waals surface area contributed by atoms with Gasteiger partial charge in [-0.3, -0.25) is 10.1 Å². The van der Waals surface area contributed by atoms with Gasteiger partial charge in [0.05, 0.1) is 6.10 Å². The Morgan fingerprint density at radius 1 is 1.12 bits per heavy atom. The number of fused-ring (bicyclic) bond motifs is 7. The molecule has 0 bridgehead atoms. The Morgan fingerprint density at radius 3 is 2.67 bits per heavy atom. The van der Waals surface area contributed by atoms with Crippen LogP contribution in [0.2, 0.25) is 0 Å². The summed E-state index contributed by atoms with van der Waals surface area (Å²) < 4.78 is 12.6. The first-order valence-corrected chi connectivity index (χ1v) is 14.0. The Hall–Kier alpha value is -0.870. The molecule has 184 valence electrons. The fourth-order valence-electron chi connectivity index (χ4n) is 10.2. The summed E-state index contributed by atoms with van der Waals surface area (Å²) in [7, 11) is 0. The van der Waals surface area contributed by atoms with E-state index in [0.717, 1.165) is 43.1 Å². The summed E-state index contributed by atoms with van der Waals surface area (Å²) in [5, 5.41) is 3.88. The molecule has 33 heavy (non-hydrogen) atoms. The van der Waals surface area contributed by atoms with Crippen LogP contribution in [0.25, 0.3) is 0 Å². The molecule has 0 aromatic rings. The fraction of sp³-hybridized carbons (Fsp3) is 0.897. The second kappa shape index (κ2) is 7.56. The van der Waals surface area contributed by atoms with Crippen LogP contribution in [0.5, 0.6) is 0 Å². The van der Waals surface area contributed by atoms with Gasteiger partial charge in [0.2, 0.25) is 0 Å². The minimum atomic E-state index is -0.127. The zero-order chi connectivity index (χ0) is 23.2. The predicted octanol–water partition coefficient (Wildman–Crippen LogP) is 5.86. The highest BCUT2D eigenvalue weighted by atomic mass is 16.5. The molecule has 4 nitrogen and oxygen atoms in total. The molecule has 1 spiro atoms. The molecule has 2 saturated heterocycles. The number of carbonyl (C=O) groups is 1. The van der Waals surface area contributed by atoms with Gasteiger partial charge in [-0.05, 0) is 91.8 Å². The van der Waals surface area contributed by atoms with Crippen molar-refractivity contribution in [3.05, 3.63) is 11.6 Å². The normalized spacial score (nSPS) is 55.2. The number of piperidine rings is 1. The maximum atomic E-state index is 11.5. The quantitative estimate of drug-likeness (QED) is 0.397. The van der Waals surface area contributed by atoms with Gasteiger partial charge in [-0.1, -0.05) is 39.3 Å². The smallest absolute Gasteiger partial charge is 0.302 e. The summed E-state index contributed by atoms with van der Waals surface area (Å²) in [6.07, 6.45) is 13.9. The van der Waals surface area contributed by atoms with Crippen molar-refractivity contribution in [2.24, 2.45) is 46.3 Å². The van der Waals surface area contributed by atoms with Crippen LogP contribution in [0.4, 0.5) is 0 Å². The molecule has 3 saturated carbocycles. The molecule has 6 rings (SSSR count). The minimum absolute atomic E-state index is 0.0621. The summed E-state index contributed by atoms with van der Waals surface area (Å²) in [5.41, 5.74) is 2.24. The van der Waals surface area contributed by atoms with Crippen molar-refractivity contribution < 1.29 is 14.3 Å².